The van der Waals surface area contributed by atoms with Crippen LogP contribution in [0.2, 0.25) is 0 Å². The second-order valence-electron chi connectivity index (χ2n) is 5.14. The van der Waals surface area contributed by atoms with Gasteiger partial charge in [0.15, 0.2) is 0 Å². The first-order chi connectivity index (χ1) is 7.19. The van der Waals surface area contributed by atoms with Crippen molar-refractivity contribution >= 4 is 12.6 Å². The molecule has 0 aliphatic heterocycles. The minimum Gasteiger partial charge on any atom is -0.303 e. The van der Waals surface area contributed by atoms with Gasteiger partial charge in [0, 0.05) is 13.1 Å². The van der Waals surface area contributed by atoms with Crippen LogP contribution >= 0.6 is 12.6 Å². The lowest BCUT2D eigenvalue weighted by Crippen LogP contribution is -2.39. The maximum absolute atomic E-state index is 4.55. The molecule has 0 heterocycles. The Balaban J connectivity index is 2.44. The Kier molecular flexibility index (Phi) is 5.48. The van der Waals surface area contributed by atoms with Crippen molar-refractivity contribution in [1.29, 1.82) is 0 Å². The molecule has 0 bridgehead atoms. The van der Waals surface area contributed by atoms with Crippen LogP contribution in [0.1, 0.15) is 46.5 Å². The van der Waals surface area contributed by atoms with Crippen LogP contribution in [-0.4, -0.2) is 30.3 Å². The summed E-state index contributed by atoms with van der Waals surface area (Å²) in [5.74, 6) is 2.04. The van der Waals surface area contributed by atoms with Crippen molar-refractivity contribution < 1.29 is 0 Å². The predicted molar refractivity (Wildman–Crippen MR) is 71.7 cm³/mol. The molecule has 0 N–H and O–H groups in total. The highest BCUT2D eigenvalue weighted by Gasteiger charge is 2.30. The van der Waals surface area contributed by atoms with E-state index in [4.69, 9.17) is 0 Å². The van der Waals surface area contributed by atoms with Crippen molar-refractivity contribution in [2.45, 2.75) is 46.5 Å². The van der Waals surface area contributed by atoms with Crippen LogP contribution in [0, 0.1) is 11.3 Å². The summed E-state index contributed by atoms with van der Waals surface area (Å²) in [7, 11) is 0. The molecule has 0 saturated heterocycles. The highest BCUT2D eigenvalue weighted by molar-refractivity contribution is 7.80. The zero-order chi connectivity index (χ0) is 11.3. The van der Waals surface area contributed by atoms with Crippen LogP contribution < -0.4 is 0 Å². The number of hydrogen-bond donors (Lipinski definition) is 1. The van der Waals surface area contributed by atoms with E-state index in [0.717, 1.165) is 11.7 Å². The smallest absolute Gasteiger partial charge is 0.00456 e. The molecule has 15 heavy (non-hydrogen) atoms. The number of thiol groups is 1. The fourth-order valence-corrected chi connectivity index (χ4v) is 2.74. The maximum Gasteiger partial charge on any atom is 0.00456 e. The van der Waals surface area contributed by atoms with Gasteiger partial charge in [0.25, 0.3) is 0 Å². The van der Waals surface area contributed by atoms with Crippen molar-refractivity contribution in [2.24, 2.45) is 11.3 Å². The highest BCUT2D eigenvalue weighted by atomic mass is 32.1. The average Bonchev–Trinajstić information content (AvgIpc) is 3.08. The van der Waals surface area contributed by atoms with Gasteiger partial charge < -0.3 is 4.90 Å². The van der Waals surface area contributed by atoms with Crippen LogP contribution in [0.4, 0.5) is 0 Å². The Morgan fingerprint density at radius 1 is 1.20 bits per heavy atom. The van der Waals surface area contributed by atoms with Crippen molar-refractivity contribution in [3.05, 3.63) is 0 Å². The zero-order valence-corrected chi connectivity index (χ0v) is 11.5. The molecular formula is C13H27NS. The third kappa shape index (κ3) is 3.99. The van der Waals surface area contributed by atoms with Crippen molar-refractivity contribution in [3.63, 3.8) is 0 Å². The van der Waals surface area contributed by atoms with Crippen LogP contribution in [0.3, 0.4) is 0 Å². The van der Waals surface area contributed by atoms with Gasteiger partial charge in [-0.1, -0.05) is 20.8 Å². The first-order valence-electron chi connectivity index (χ1n) is 6.53. The van der Waals surface area contributed by atoms with Gasteiger partial charge in [-0.2, -0.15) is 12.6 Å². The molecule has 0 aromatic heterocycles. The summed E-state index contributed by atoms with van der Waals surface area (Å²) >= 11 is 4.55. The third-order valence-electron chi connectivity index (χ3n) is 4.05. The fraction of sp³-hybridized carbons (Fsp3) is 1.00. The SMILES string of the molecule is CCN(CC1CC1)CC(CC)(CC)CS. The van der Waals surface area contributed by atoms with Gasteiger partial charge in [0.1, 0.15) is 0 Å². The summed E-state index contributed by atoms with van der Waals surface area (Å²) < 4.78 is 0. The Morgan fingerprint density at radius 3 is 2.13 bits per heavy atom. The molecule has 1 fully saturated rings. The van der Waals surface area contributed by atoms with E-state index in [1.54, 1.807) is 0 Å². The molecule has 0 radical (unpaired) electrons. The lowest BCUT2D eigenvalue weighted by molar-refractivity contribution is 0.158. The fourth-order valence-electron chi connectivity index (χ4n) is 2.19. The Hall–Kier alpha value is 0.310. The lowest BCUT2D eigenvalue weighted by Gasteiger charge is -2.36. The maximum atomic E-state index is 4.55. The molecule has 1 aliphatic carbocycles. The van der Waals surface area contributed by atoms with Gasteiger partial charge in [0.05, 0.1) is 0 Å². The zero-order valence-electron chi connectivity index (χ0n) is 10.6. The highest BCUT2D eigenvalue weighted by Crippen LogP contribution is 2.33. The standard InChI is InChI=1S/C13H27NS/c1-4-13(5-2,11-15)10-14(6-3)9-12-7-8-12/h12,15H,4-11H2,1-3H3. The first-order valence-corrected chi connectivity index (χ1v) is 7.16. The van der Waals surface area contributed by atoms with Gasteiger partial charge in [0.2, 0.25) is 0 Å². The molecule has 0 aromatic carbocycles. The van der Waals surface area contributed by atoms with E-state index in [-0.39, 0.29) is 0 Å². The second-order valence-corrected chi connectivity index (χ2v) is 5.45. The quantitative estimate of drug-likeness (QED) is 0.624. The molecule has 0 unspecified atom stereocenters. The van der Waals surface area contributed by atoms with Crippen molar-refractivity contribution in [3.8, 4) is 0 Å². The summed E-state index contributed by atoms with van der Waals surface area (Å²) in [5, 5.41) is 0. The average molecular weight is 229 g/mol. The largest absolute Gasteiger partial charge is 0.303 e. The minimum atomic E-state index is 0.452. The normalized spacial score (nSPS) is 17.4. The van der Waals surface area contributed by atoms with Gasteiger partial charge in [-0.05, 0) is 49.3 Å². The molecule has 1 rings (SSSR count). The summed E-state index contributed by atoms with van der Waals surface area (Å²) in [6, 6.07) is 0. The van der Waals surface area contributed by atoms with E-state index in [9.17, 15) is 0 Å². The second kappa shape index (κ2) is 6.15. The molecule has 2 heteroatoms. The van der Waals surface area contributed by atoms with E-state index in [1.807, 2.05) is 0 Å². The molecule has 0 aromatic rings. The van der Waals surface area contributed by atoms with E-state index < -0.39 is 0 Å². The Bertz CT molecular complexity index is 165. The monoisotopic (exact) mass is 229 g/mol. The molecule has 1 saturated carbocycles. The van der Waals surface area contributed by atoms with Crippen LogP contribution in [0.15, 0.2) is 0 Å². The van der Waals surface area contributed by atoms with Gasteiger partial charge in [-0.3, -0.25) is 0 Å². The molecule has 1 aliphatic rings. The lowest BCUT2D eigenvalue weighted by atomic mass is 9.83. The molecule has 0 spiro atoms. The van der Waals surface area contributed by atoms with Gasteiger partial charge in [-0.15, -0.1) is 0 Å². The number of rotatable bonds is 8. The first kappa shape index (κ1) is 13.4. The van der Waals surface area contributed by atoms with E-state index in [2.05, 4.69) is 38.3 Å². The topological polar surface area (TPSA) is 3.24 Å². The van der Waals surface area contributed by atoms with Crippen LogP contribution in [0.5, 0.6) is 0 Å². The summed E-state index contributed by atoms with van der Waals surface area (Å²) in [5.41, 5.74) is 0.452. The van der Waals surface area contributed by atoms with E-state index in [1.165, 1.54) is 45.3 Å². The van der Waals surface area contributed by atoms with E-state index in [0.29, 0.717) is 5.41 Å². The van der Waals surface area contributed by atoms with Gasteiger partial charge in [-0.25, -0.2) is 0 Å². The molecule has 0 amide bonds. The van der Waals surface area contributed by atoms with E-state index >= 15 is 0 Å². The third-order valence-corrected chi connectivity index (χ3v) is 4.73. The summed E-state index contributed by atoms with van der Waals surface area (Å²) in [6.45, 7) is 10.7. The molecule has 90 valence electrons. The number of hydrogen-bond acceptors (Lipinski definition) is 2. The molecule has 1 nitrogen and oxygen atoms in total. The number of nitrogens with zero attached hydrogens (tertiary/aromatic N) is 1. The van der Waals surface area contributed by atoms with Crippen molar-refractivity contribution in [1.82, 2.24) is 4.90 Å². The molecular weight excluding hydrogens is 202 g/mol. The Labute approximate surface area is 101 Å². The predicted octanol–water partition coefficient (Wildman–Crippen LogP) is 3.45. The molecule has 0 atom stereocenters. The van der Waals surface area contributed by atoms with Crippen LogP contribution in [0.25, 0.3) is 0 Å². The van der Waals surface area contributed by atoms with Crippen LogP contribution in [-0.2, 0) is 0 Å². The minimum absolute atomic E-state index is 0.452. The van der Waals surface area contributed by atoms with Gasteiger partial charge >= 0.3 is 0 Å². The van der Waals surface area contributed by atoms with Crippen molar-refractivity contribution in [2.75, 3.05) is 25.4 Å². The Morgan fingerprint density at radius 2 is 1.80 bits per heavy atom. The summed E-state index contributed by atoms with van der Waals surface area (Å²) in [6.07, 6.45) is 5.44. The summed E-state index contributed by atoms with van der Waals surface area (Å²) in [4.78, 5) is 2.64.